The molecule has 5 nitrogen and oxygen atoms in total. The van der Waals surface area contributed by atoms with E-state index >= 15 is 0 Å². The van der Waals surface area contributed by atoms with Crippen LogP contribution in [0.4, 0.5) is 0 Å². The van der Waals surface area contributed by atoms with Crippen LogP contribution in [-0.2, 0) is 6.54 Å². The van der Waals surface area contributed by atoms with Gasteiger partial charge >= 0.3 is 0 Å². The molecule has 0 spiro atoms. The van der Waals surface area contributed by atoms with Gasteiger partial charge in [0.05, 0.1) is 19.5 Å². The fourth-order valence-corrected chi connectivity index (χ4v) is 1.37. The fraction of sp³-hybridized carbons (Fsp3) is 0.200. The summed E-state index contributed by atoms with van der Waals surface area (Å²) in [6.45, 7) is 0.494. The van der Waals surface area contributed by atoms with E-state index in [1.165, 1.54) is 0 Å². The van der Waals surface area contributed by atoms with E-state index in [0.717, 1.165) is 17.0 Å². The van der Waals surface area contributed by atoms with Crippen LogP contribution in [0.1, 0.15) is 5.56 Å². The van der Waals surface area contributed by atoms with Crippen LogP contribution in [0.3, 0.4) is 0 Å². The van der Waals surface area contributed by atoms with Crippen LogP contribution in [0.25, 0.3) is 5.69 Å². The lowest BCUT2D eigenvalue weighted by Crippen LogP contribution is -2.02. The lowest BCUT2D eigenvalue weighted by atomic mass is 10.2. The second kappa shape index (κ2) is 4.10. The van der Waals surface area contributed by atoms with E-state index in [4.69, 9.17) is 10.5 Å². The predicted molar refractivity (Wildman–Crippen MR) is 55.8 cm³/mol. The number of rotatable bonds is 3. The third-order valence-corrected chi connectivity index (χ3v) is 2.15. The number of aromatic nitrogens is 3. The van der Waals surface area contributed by atoms with Crippen LogP contribution >= 0.6 is 0 Å². The highest BCUT2D eigenvalue weighted by Gasteiger charge is 2.06. The maximum Gasteiger partial charge on any atom is 0.144 e. The Morgan fingerprint density at radius 2 is 2.33 bits per heavy atom. The van der Waals surface area contributed by atoms with Crippen molar-refractivity contribution in [3.05, 3.63) is 36.2 Å². The van der Waals surface area contributed by atoms with Crippen LogP contribution in [-0.4, -0.2) is 22.1 Å². The molecule has 0 radical (unpaired) electrons. The molecule has 1 aromatic carbocycles. The highest BCUT2D eigenvalue weighted by atomic mass is 16.5. The fourth-order valence-electron chi connectivity index (χ4n) is 1.37. The molecule has 0 aliphatic carbocycles. The molecule has 0 saturated carbocycles. The SMILES string of the molecule is COc1cc(CN)ccc1-n1ccnn1. The summed E-state index contributed by atoms with van der Waals surface area (Å²) in [5, 5.41) is 7.66. The number of methoxy groups -OCH3 is 1. The number of hydrogen-bond acceptors (Lipinski definition) is 4. The summed E-state index contributed by atoms with van der Waals surface area (Å²) in [5.74, 6) is 0.739. The van der Waals surface area contributed by atoms with E-state index in [1.54, 1.807) is 24.2 Å². The zero-order valence-electron chi connectivity index (χ0n) is 8.42. The van der Waals surface area contributed by atoms with Gasteiger partial charge in [-0.05, 0) is 17.7 Å². The van der Waals surface area contributed by atoms with Gasteiger partial charge < -0.3 is 10.5 Å². The largest absolute Gasteiger partial charge is 0.494 e. The molecule has 0 aliphatic heterocycles. The van der Waals surface area contributed by atoms with Gasteiger partial charge in [0.15, 0.2) is 0 Å². The standard InChI is InChI=1S/C10H12N4O/c1-15-10-6-8(7-11)2-3-9(10)14-5-4-12-13-14/h2-6H,7,11H2,1H3. The molecule has 2 rings (SSSR count). The molecule has 2 aromatic rings. The van der Waals surface area contributed by atoms with Crippen molar-refractivity contribution < 1.29 is 4.74 Å². The molecule has 1 aromatic heterocycles. The minimum atomic E-state index is 0.494. The van der Waals surface area contributed by atoms with Gasteiger partial charge in [0.25, 0.3) is 0 Å². The lowest BCUT2D eigenvalue weighted by Gasteiger charge is -2.09. The Morgan fingerprint density at radius 1 is 1.47 bits per heavy atom. The third-order valence-electron chi connectivity index (χ3n) is 2.15. The molecule has 15 heavy (non-hydrogen) atoms. The maximum atomic E-state index is 5.55. The lowest BCUT2D eigenvalue weighted by molar-refractivity contribution is 0.411. The molecule has 0 atom stereocenters. The molecular weight excluding hydrogens is 192 g/mol. The Balaban J connectivity index is 2.48. The molecular formula is C10H12N4O. The van der Waals surface area contributed by atoms with E-state index in [1.807, 2.05) is 18.2 Å². The Kier molecular flexibility index (Phi) is 2.64. The van der Waals surface area contributed by atoms with Crippen molar-refractivity contribution in [3.8, 4) is 11.4 Å². The normalized spacial score (nSPS) is 10.3. The summed E-state index contributed by atoms with van der Waals surface area (Å²) in [4.78, 5) is 0. The number of ether oxygens (including phenoxy) is 1. The van der Waals surface area contributed by atoms with Crippen molar-refractivity contribution in [1.29, 1.82) is 0 Å². The van der Waals surface area contributed by atoms with Crippen LogP contribution < -0.4 is 10.5 Å². The number of hydrogen-bond donors (Lipinski definition) is 1. The van der Waals surface area contributed by atoms with Crippen LogP contribution in [0.5, 0.6) is 5.75 Å². The summed E-state index contributed by atoms with van der Waals surface area (Å²) >= 11 is 0. The molecule has 5 heteroatoms. The van der Waals surface area contributed by atoms with E-state index in [9.17, 15) is 0 Å². The minimum Gasteiger partial charge on any atom is -0.494 e. The molecule has 2 N–H and O–H groups in total. The van der Waals surface area contributed by atoms with E-state index in [-0.39, 0.29) is 0 Å². The highest BCUT2D eigenvalue weighted by Crippen LogP contribution is 2.22. The Morgan fingerprint density at radius 3 is 2.93 bits per heavy atom. The van der Waals surface area contributed by atoms with E-state index < -0.39 is 0 Å². The van der Waals surface area contributed by atoms with Gasteiger partial charge in [-0.2, -0.15) is 0 Å². The minimum absolute atomic E-state index is 0.494. The average Bonchev–Trinajstić information content (AvgIpc) is 2.81. The first-order valence-electron chi connectivity index (χ1n) is 4.59. The topological polar surface area (TPSA) is 66.0 Å². The first-order valence-corrected chi connectivity index (χ1v) is 4.59. The summed E-state index contributed by atoms with van der Waals surface area (Å²) < 4.78 is 6.92. The Bertz CT molecular complexity index is 439. The van der Waals surface area contributed by atoms with Crippen molar-refractivity contribution in [3.63, 3.8) is 0 Å². The summed E-state index contributed by atoms with van der Waals surface area (Å²) in [6.07, 6.45) is 3.39. The summed E-state index contributed by atoms with van der Waals surface area (Å²) in [6, 6.07) is 5.76. The third kappa shape index (κ3) is 1.82. The number of nitrogens with two attached hydrogens (primary N) is 1. The van der Waals surface area contributed by atoms with Crippen molar-refractivity contribution in [2.45, 2.75) is 6.54 Å². The smallest absolute Gasteiger partial charge is 0.144 e. The highest BCUT2D eigenvalue weighted by molar-refractivity contribution is 5.48. The number of benzene rings is 1. The quantitative estimate of drug-likeness (QED) is 0.800. The van der Waals surface area contributed by atoms with E-state index in [0.29, 0.717) is 6.54 Å². The average molecular weight is 204 g/mol. The van der Waals surface area contributed by atoms with Gasteiger partial charge in [0, 0.05) is 6.54 Å². The molecule has 0 amide bonds. The van der Waals surface area contributed by atoms with Crippen molar-refractivity contribution in [2.75, 3.05) is 7.11 Å². The van der Waals surface area contributed by atoms with Gasteiger partial charge in [-0.1, -0.05) is 11.3 Å². The molecule has 0 saturated heterocycles. The molecule has 0 fully saturated rings. The van der Waals surface area contributed by atoms with Gasteiger partial charge in [-0.25, -0.2) is 4.68 Å². The molecule has 0 aliphatic rings. The van der Waals surface area contributed by atoms with Crippen LogP contribution in [0.15, 0.2) is 30.6 Å². The van der Waals surface area contributed by atoms with Crippen LogP contribution in [0, 0.1) is 0 Å². The summed E-state index contributed by atoms with van der Waals surface area (Å²) in [5.41, 5.74) is 7.43. The van der Waals surface area contributed by atoms with Gasteiger partial charge in [-0.15, -0.1) is 5.10 Å². The molecule has 78 valence electrons. The Labute approximate surface area is 87.5 Å². The second-order valence-corrected chi connectivity index (χ2v) is 3.06. The summed E-state index contributed by atoms with van der Waals surface area (Å²) in [7, 11) is 1.62. The second-order valence-electron chi connectivity index (χ2n) is 3.06. The van der Waals surface area contributed by atoms with Crippen molar-refractivity contribution >= 4 is 0 Å². The van der Waals surface area contributed by atoms with Crippen molar-refractivity contribution in [1.82, 2.24) is 15.0 Å². The molecule has 0 bridgehead atoms. The van der Waals surface area contributed by atoms with Gasteiger partial charge in [0.1, 0.15) is 11.4 Å². The van der Waals surface area contributed by atoms with Gasteiger partial charge in [0.2, 0.25) is 0 Å². The molecule has 1 heterocycles. The van der Waals surface area contributed by atoms with E-state index in [2.05, 4.69) is 10.3 Å². The number of nitrogens with zero attached hydrogens (tertiary/aromatic N) is 3. The first-order chi connectivity index (χ1) is 7.35. The zero-order chi connectivity index (χ0) is 10.7. The maximum absolute atomic E-state index is 5.55. The monoisotopic (exact) mass is 204 g/mol. The molecule has 0 unspecified atom stereocenters. The van der Waals surface area contributed by atoms with Crippen LogP contribution in [0.2, 0.25) is 0 Å². The predicted octanol–water partition coefficient (Wildman–Crippen LogP) is 0.735. The zero-order valence-corrected chi connectivity index (χ0v) is 8.42. The Hall–Kier alpha value is -1.88. The van der Waals surface area contributed by atoms with Gasteiger partial charge in [-0.3, -0.25) is 0 Å². The first kappa shape index (κ1) is 9.67. The van der Waals surface area contributed by atoms with Crippen molar-refractivity contribution in [2.24, 2.45) is 5.73 Å².